The molecule has 0 fully saturated rings. The first-order chi connectivity index (χ1) is 10.7. The number of carbonyl (C=O) groups excluding carboxylic acids is 1. The standard InChI is InChI=1S/C18H13BrN2O/c19-14-5-6-16-13(11-14)8-10-21(16)18(22)17-15-4-2-1-3-12(15)7-9-20-17/h1-7,9,11H,8,10H2. The van der Waals surface area contributed by atoms with Gasteiger partial charge in [0.05, 0.1) is 0 Å². The number of halogens is 1. The van der Waals surface area contributed by atoms with Gasteiger partial charge in [-0.15, -0.1) is 0 Å². The molecule has 0 saturated heterocycles. The third-order valence-corrected chi connectivity index (χ3v) is 4.55. The molecule has 4 heteroatoms. The summed E-state index contributed by atoms with van der Waals surface area (Å²) in [6.45, 7) is 0.704. The summed E-state index contributed by atoms with van der Waals surface area (Å²) in [5.41, 5.74) is 2.71. The van der Waals surface area contributed by atoms with Crippen LogP contribution in [0.3, 0.4) is 0 Å². The Morgan fingerprint density at radius 2 is 2.00 bits per heavy atom. The van der Waals surface area contributed by atoms with E-state index in [0.29, 0.717) is 12.2 Å². The minimum atomic E-state index is -0.0297. The molecule has 0 bridgehead atoms. The van der Waals surface area contributed by atoms with Gasteiger partial charge in [-0.3, -0.25) is 9.78 Å². The van der Waals surface area contributed by atoms with Crippen LogP contribution in [-0.2, 0) is 6.42 Å². The smallest absolute Gasteiger partial charge is 0.277 e. The molecule has 0 N–H and O–H groups in total. The number of carbonyl (C=O) groups is 1. The molecule has 0 saturated carbocycles. The maximum absolute atomic E-state index is 13.0. The van der Waals surface area contributed by atoms with Gasteiger partial charge in [-0.2, -0.15) is 0 Å². The van der Waals surface area contributed by atoms with E-state index in [4.69, 9.17) is 0 Å². The highest BCUT2D eigenvalue weighted by Crippen LogP contribution is 2.32. The Morgan fingerprint density at radius 3 is 2.91 bits per heavy atom. The zero-order chi connectivity index (χ0) is 15.1. The van der Waals surface area contributed by atoms with Gasteiger partial charge in [0.1, 0.15) is 5.69 Å². The minimum Gasteiger partial charge on any atom is -0.306 e. The van der Waals surface area contributed by atoms with Gasteiger partial charge in [0, 0.05) is 28.3 Å². The number of hydrogen-bond donors (Lipinski definition) is 0. The van der Waals surface area contributed by atoms with Crippen molar-refractivity contribution in [2.24, 2.45) is 0 Å². The molecule has 0 unspecified atom stereocenters. The summed E-state index contributed by atoms with van der Waals surface area (Å²) in [4.78, 5) is 19.1. The fourth-order valence-corrected chi connectivity index (χ4v) is 3.41. The molecule has 4 rings (SSSR count). The maximum atomic E-state index is 13.0. The second kappa shape index (κ2) is 5.21. The first kappa shape index (κ1) is 13.5. The Hall–Kier alpha value is -2.20. The normalized spacial score (nSPS) is 13.4. The number of hydrogen-bond acceptors (Lipinski definition) is 2. The van der Waals surface area contributed by atoms with Gasteiger partial charge in [0.15, 0.2) is 0 Å². The molecule has 1 aromatic heterocycles. The molecule has 2 aromatic carbocycles. The predicted molar refractivity (Wildman–Crippen MR) is 91.3 cm³/mol. The van der Waals surface area contributed by atoms with E-state index in [1.54, 1.807) is 6.20 Å². The number of pyridine rings is 1. The van der Waals surface area contributed by atoms with Crippen LogP contribution in [0.4, 0.5) is 5.69 Å². The van der Waals surface area contributed by atoms with E-state index < -0.39 is 0 Å². The number of anilines is 1. The molecular weight excluding hydrogens is 340 g/mol. The van der Waals surface area contributed by atoms with Crippen molar-refractivity contribution in [2.45, 2.75) is 6.42 Å². The molecule has 2 heterocycles. The molecule has 3 aromatic rings. The molecule has 3 nitrogen and oxygen atoms in total. The van der Waals surface area contributed by atoms with Crippen molar-refractivity contribution in [3.8, 4) is 0 Å². The van der Waals surface area contributed by atoms with Crippen LogP contribution in [0, 0.1) is 0 Å². The van der Waals surface area contributed by atoms with Crippen molar-refractivity contribution < 1.29 is 4.79 Å². The number of amides is 1. The van der Waals surface area contributed by atoms with Crippen LogP contribution in [-0.4, -0.2) is 17.4 Å². The second-order valence-corrected chi connectivity index (χ2v) is 6.28. The van der Waals surface area contributed by atoms with Crippen LogP contribution in [0.1, 0.15) is 16.1 Å². The van der Waals surface area contributed by atoms with E-state index in [-0.39, 0.29) is 5.91 Å². The van der Waals surface area contributed by atoms with E-state index in [1.165, 1.54) is 5.56 Å². The summed E-state index contributed by atoms with van der Waals surface area (Å²) >= 11 is 3.48. The van der Waals surface area contributed by atoms with Gasteiger partial charge in [0.25, 0.3) is 5.91 Å². The van der Waals surface area contributed by atoms with Crippen molar-refractivity contribution in [1.29, 1.82) is 0 Å². The summed E-state index contributed by atoms with van der Waals surface area (Å²) in [6, 6.07) is 15.8. The molecule has 0 radical (unpaired) electrons. The third-order valence-electron chi connectivity index (χ3n) is 4.06. The molecule has 22 heavy (non-hydrogen) atoms. The van der Waals surface area contributed by atoms with Crippen LogP contribution in [0.5, 0.6) is 0 Å². The molecule has 1 aliphatic rings. The Bertz CT molecular complexity index is 886. The first-order valence-electron chi connectivity index (χ1n) is 7.18. The molecule has 0 atom stereocenters. The summed E-state index contributed by atoms with van der Waals surface area (Å²) in [5, 5.41) is 1.94. The van der Waals surface area contributed by atoms with Gasteiger partial charge in [-0.1, -0.05) is 40.2 Å². The molecule has 1 amide bonds. The fourth-order valence-electron chi connectivity index (χ4n) is 3.00. The van der Waals surface area contributed by atoms with Gasteiger partial charge < -0.3 is 4.90 Å². The van der Waals surface area contributed by atoms with E-state index in [1.807, 2.05) is 47.4 Å². The monoisotopic (exact) mass is 352 g/mol. The summed E-state index contributed by atoms with van der Waals surface area (Å²) in [5.74, 6) is -0.0297. The van der Waals surface area contributed by atoms with E-state index in [9.17, 15) is 4.79 Å². The molecule has 108 valence electrons. The van der Waals surface area contributed by atoms with Crippen LogP contribution < -0.4 is 4.90 Å². The lowest BCUT2D eigenvalue weighted by Gasteiger charge is -2.17. The summed E-state index contributed by atoms with van der Waals surface area (Å²) < 4.78 is 1.05. The largest absolute Gasteiger partial charge is 0.306 e. The van der Waals surface area contributed by atoms with Gasteiger partial charge in [0.2, 0.25) is 0 Å². The van der Waals surface area contributed by atoms with Gasteiger partial charge in [-0.05, 0) is 41.6 Å². The van der Waals surface area contributed by atoms with Crippen molar-refractivity contribution in [1.82, 2.24) is 4.98 Å². The molecule has 0 aliphatic carbocycles. The molecule has 1 aliphatic heterocycles. The van der Waals surface area contributed by atoms with Gasteiger partial charge in [-0.25, -0.2) is 0 Å². The van der Waals surface area contributed by atoms with Crippen molar-refractivity contribution in [3.05, 3.63) is 70.5 Å². The van der Waals surface area contributed by atoms with Gasteiger partial charge >= 0.3 is 0 Å². The minimum absolute atomic E-state index is 0.0297. The van der Waals surface area contributed by atoms with Crippen molar-refractivity contribution in [2.75, 3.05) is 11.4 Å². The van der Waals surface area contributed by atoms with E-state index in [2.05, 4.69) is 27.0 Å². The lowest BCUT2D eigenvalue weighted by Crippen LogP contribution is -2.29. The Labute approximate surface area is 136 Å². The number of benzene rings is 2. The second-order valence-electron chi connectivity index (χ2n) is 5.36. The fraction of sp³-hybridized carbons (Fsp3) is 0.111. The van der Waals surface area contributed by atoms with Crippen LogP contribution in [0.25, 0.3) is 10.8 Å². The van der Waals surface area contributed by atoms with E-state index >= 15 is 0 Å². The number of nitrogens with zero attached hydrogens (tertiary/aromatic N) is 2. The Morgan fingerprint density at radius 1 is 1.14 bits per heavy atom. The lowest BCUT2D eigenvalue weighted by atomic mass is 10.1. The zero-order valence-corrected chi connectivity index (χ0v) is 13.4. The quantitative estimate of drug-likeness (QED) is 0.657. The third kappa shape index (κ3) is 2.11. The topological polar surface area (TPSA) is 33.2 Å². The first-order valence-corrected chi connectivity index (χ1v) is 7.97. The van der Waals surface area contributed by atoms with Crippen LogP contribution >= 0.6 is 15.9 Å². The average molecular weight is 353 g/mol. The van der Waals surface area contributed by atoms with Crippen LogP contribution in [0.2, 0.25) is 0 Å². The number of rotatable bonds is 1. The predicted octanol–water partition coefficient (Wildman–Crippen LogP) is 4.20. The number of fused-ring (bicyclic) bond motifs is 2. The maximum Gasteiger partial charge on any atom is 0.277 e. The summed E-state index contributed by atoms with van der Waals surface area (Å²) in [7, 11) is 0. The highest BCUT2D eigenvalue weighted by molar-refractivity contribution is 9.10. The Kier molecular flexibility index (Phi) is 3.19. The highest BCUT2D eigenvalue weighted by atomic mass is 79.9. The molecular formula is C18H13BrN2O. The molecule has 0 spiro atoms. The average Bonchev–Trinajstić information content (AvgIpc) is 2.96. The van der Waals surface area contributed by atoms with E-state index in [0.717, 1.165) is 27.4 Å². The Balaban J connectivity index is 1.80. The lowest BCUT2D eigenvalue weighted by molar-refractivity contribution is 0.0986. The SMILES string of the molecule is O=C(c1nccc2ccccc12)N1CCc2cc(Br)ccc21. The van der Waals surface area contributed by atoms with Crippen molar-refractivity contribution >= 4 is 38.3 Å². The number of aromatic nitrogens is 1. The van der Waals surface area contributed by atoms with Crippen LogP contribution in [0.15, 0.2) is 59.2 Å². The zero-order valence-electron chi connectivity index (χ0n) is 11.8. The summed E-state index contributed by atoms with van der Waals surface area (Å²) in [6.07, 6.45) is 2.58. The van der Waals surface area contributed by atoms with Crippen molar-refractivity contribution in [3.63, 3.8) is 0 Å². The highest BCUT2D eigenvalue weighted by Gasteiger charge is 2.27.